The van der Waals surface area contributed by atoms with E-state index < -0.39 is 0 Å². The third-order valence-electron chi connectivity index (χ3n) is 2.38. The Morgan fingerprint density at radius 1 is 1.26 bits per heavy atom. The van der Waals surface area contributed by atoms with Crippen molar-refractivity contribution in [1.82, 2.24) is 4.98 Å². The number of rotatable bonds is 4. The molecule has 0 amide bonds. The number of nitrogens with one attached hydrogen (secondary N) is 1. The molecule has 0 saturated carbocycles. The van der Waals surface area contributed by atoms with Crippen LogP contribution in [0, 0.1) is 6.92 Å². The first-order valence-electron chi connectivity index (χ1n) is 5.95. The van der Waals surface area contributed by atoms with Gasteiger partial charge in [-0.25, -0.2) is 0 Å². The SMILES string of the molecule is CNc1ccc(C)cc1.O=COCc1cccnc1. The average Bonchev–Trinajstić information content (AvgIpc) is 2.48. The maximum atomic E-state index is 9.74. The second-order valence-corrected chi connectivity index (χ2v) is 3.88. The van der Waals surface area contributed by atoms with E-state index in [1.54, 1.807) is 18.5 Å². The van der Waals surface area contributed by atoms with Crippen molar-refractivity contribution in [3.05, 3.63) is 59.9 Å². The summed E-state index contributed by atoms with van der Waals surface area (Å²) < 4.78 is 4.50. The lowest BCUT2D eigenvalue weighted by molar-refractivity contribution is -0.129. The Hall–Kier alpha value is -2.36. The zero-order valence-electron chi connectivity index (χ0n) is 11.2. The van der Waals surface area contributed by atoms with Gasteiger partial charge in [0.15, 0.2) is 0 Å². The Balaban J connectivity index is 0.000000191. The maximum Gasteiger partial charge on any atom is 0.293 e. The van der Waals surface area contributed by atoms with E-state index in [1.165, 1.54) is 11.3 Å². The third-order valence-corrected chi connectivity index (χ3v) is 2.38. The largest absolute Gasteiger partial charge is 0.463 e. The lowest BCUT2D eigenvalue weighted by Crippen LogP contribution is -1.89. The molecular formula is C15H18N2O2. The first-order valence-corrected chi connectivity index (χ1v) is 5.95. The van der Waals surface area contributed by atoms with E-state index in [2.05, 4.69) is 46.2 Å². The average molecular weight is 258 g/mol. The fourth-order valence-corrected chi connectivity index (χ4v) is 1.33. The Morgan fingerprint density at radius 2 is 2.00 bits per heavy atom. The van der Waals surface area contributed by atoms with Crippen LogP contribution in [-0.2, 0) is 16.1 Å². The summed E-state index contributed by atoms with van der Waals surface area (Å²) in [5.41, 5.74) is 3.36. The number of ether oxygens (including phenoxy) is 1. The quantitative estimate of drug-likeness (QED) is 0.857. The summed E-state index contributed by atoms with van der Waals surface area (Å²) >= 11 is 0. The molecule has 4 heteroatoms. The van der Waals surface area contributed by atoms with Crippen molar-refractivity contribution in [2.45, 2.75) is 13.5 Å². The lowest BCUT2D eigenvalue weighted by atomic mass is 10.2. The molecule has 0 spiro atoms. The zero-order chi connectivity index (χ0) is 13.9. The van der Waals surface area contributed by atoms with Gasteiger partial charge in [0, 0.05) is 30.7 Å². The van der Waals surface area contributed by atoms with E-state index in [0.29, 0.717) is 13.1 Å². The Labute approximate surface area is 113 Å². The summed E-state index contributed by atoms with van der Waals surface area (Å²) in [4.78, 5) is 13.6. The Morgan fingerprint density at radius 3 is 2.53 bits per heavy atom. The van der Waals surface area contributed by atoms with E-state index in [1.807, 2.05) is 13.1 Å². The first kappa shape index (κ1) is 14.7. The van der Waals surface area contributed by atoms with E-state index in [9.17, 15) is 4.79 Å². The van der Waals surface area contributed by atoms with Crippen LogP contribution in [0.4, 0.5) is 5.69 Å². The van der Waals surface area contributed by atoms with Crippen molar-refractivity contribution >= 4 is 12.2 Å². The van der Waals surface area contributed by atoms with Crippen molar-refractivity contribution in [2.24, 2.45) is 0 Å². The number of carbonyl (C=O) groups is 1. The highest BCUT2D eigenvalue weighted by Gasteiger charge is 1.88. The number of aromatic nitrogens is 1. The number of pyridine rings is 1. The summed E-state index contributed by atoms with van der Waals surface area (Å²) in [6.45, 7) is 2.81. The standard InChI is InChI=1S/C8H11N.C7H7NO2/c1-7-3-5-8(9-2)6-4-7;9-6-10-5-7-2-1-3-8-4-7/h3-6,9H,1-2H3;1-4,6H,5H2. The van der Waals surface area contributed by atoms with Gasteiger partial charge in [0.05, 0.1) is 0 Å². The van der Waals surface area contributed by atoms with Crippen molar-refractivity contribution in [1.29, 1.82) is 0 Å². The van der Waals surface area contributed by atoms with Crippen molar-refractivity contribution in [2.75, 3.05) is 12.4 Å². The van der Waals surface area contributed by atoms with Crippen LogP contribution in [0.15, 0.2) is 48.8 Å². The third kappa shape index (κ3) is 6.21. The number of nitrogens with zero attached hydrogens (tertiary/aromatic N) is 1. The molecule has 1 heterocycles. The highest BCUT2D eigenvalue weighted by Crippen LogP contribution is 2.06. The van der Waals surface area contributed by atoms with Gasteiger partial charge in [-0.1, -0.05) is 23.8 Å². The van der Waals surface area contributed by atoms with Crippen LogP contribution in [0.2, 0.25) is 0 Å². The van der Waals surface area contributed by atoms with Crippen molar-refractivity contribution in [3.63, 3.8) is 0 Å². The van der Waals surface area contributed by atoms with Crippen molar-refractivity contribution in [3.8, 4) is 0 Å². The lowest BCUT2D eigenvalue weighted by Gasteiger charge is -1.97. The van der Waals surface area contributed by atoms with Gasteiger partial charge in [-0.3, -0.25) is 9.78 Å². The van der Waals surface area contributed by atoms with Crippen molar-refractivity contribution < 1.29 is 9.53 Å². The molecular weight excluding hydrogens is 240 g/mol. The van der Waals surface area contributed by atoms with Gasteiger partial charge in [-0.2, -0.15) is 0 Å². The van der Waals surface area contributed by atoms with Gasteiger partial charge in [0.2, 0.25) is 0 Å². The second kappa shape index (κ2) is 8.69. The molecule has 1 N–H and O–H groups in total. The fraction of sp³-hybridized carbons (Fsp3) is 0.200. The Kier molecular flexibility index (Phi) is 6.72. The highest BCUT2D eigenvalue weighted by molar-refractivity contribution is 5.43. The molecule has 0 fully saturated rings. The van der Waals surface area contributed by atoms with Crippen LogP contribution in [0.1, 0.15) is 11.1 Å². The van der Waals surface area contributed by atoms with Gasteiger partial charge in [0.25, 0.3) is 6.47 Å². The van der Waals surface area contributed by atoms with E-state index in [4.69, 9.17) is 0 Å². The maximum absolute atomic E-state index is 9.74. The molecule has 1 aromatic carbocycles. The van der Waals surface area contributed by atoms with Crippen LogP contribution in [0.3, 0.4) is 0 Å². The van der Waals surface area contributed by atoms with E-state index in [0.717, 1.165) is 5.56 Å². The van der Waals surface area contributed by atoms with Crippen LogP contribution in [0.25, 0.3) is 0 Å². The number of benzene rings is 1. The molecule has 0 atom stereocenters. The summed E-state index contributed by atoms with van der Waals surface area (Å²) in [6.07, 6.45) is 3.33. The predicted molar refractivity (Wildman–Crippen MR) is 75.8 cm³/mol. The molecule has 2 aromatic rings. The van der Waals surface area contributed by atoms with Gasteiger partial charge in [0.1, 0.15) is 6.61 Å². The van der Waals surface area contributed by atoms with Gasteiger partial charge in [-0.15, -0.1) is 0 Å². The van der Waals surface area contributed by atoms with Gasteiger partial charge >= 0.3 is 0 Å². The summed E-state index contributed by atoms with van der Waals surface area (Å²) in [5.74, 6) is 0. The Bertz CT molecular complexity index is 469. The highest BCUT2D eigenvalue weighted by atomic mass is 16.5. The van der Waals surface area contributed by atoms with E-state index in [-0.39, 0.29) is 0 Å². The predicted octanol–water partition coefficient (Wildman–Crippen LogP) is 2.79. The van der Waals surface area contributed by atoms with Crippen LogP contribution >= 0.6 is 0 Å². The minimum atomic E-state index is 0.303. The van der Waals surface area contributed by atoms with E-state index >= 15 is 0 Å². The number of carbonyl (C=O) groups excluding carboxylic acids is 1. The molecule has 0 saturated heterocycles. The molecule has 1 aromatic heterocycles. The molecule has 19 heavy (non-hydrogen) atoms. The second-order valence-electron chi connectivity index (χ2n) is 3.88. The molecule has 0 aliphatic heterocycles. The number of aryl methyl sites for hydroxylation is 1. The normalized spacial score (nSPS) is 8.95. The smallest absolute Gasteiger partial charge is 0.293 e. The number of hydrogen-bond donors (Lipinski definition) is 1. The van der Waals surface area contributed by atoms with Gasteiger partial charge in [-0.05, 0) is 25.1 Å². The van der Waals surface area contributed by atoms with Crippen LogP contribution in [0.5, 0.6) is 0 Å². The molecule has 0 radical (unpaired) electrons. The molecule has 0 bridgehead atoms. The van der Waals surface area contributed by atoms with Gasteiger partial charge < -0.3 is 10.1 Å². The molecule has 100 valence electrons. The molecule has 4 nitrogen and oxygen atoms in total. The fourth-order valence-electron chi connectivity index (χ4n) is 1.33. The summed E-state index contributed by atoms with van der Waals surface area (Å²) in [7, 11) is 1.92. The molecule has 0 aliphatic rings. The summed E-state index contributed by atoms with van der Waals surface area (Å²) in [6, 6.07) is 11.9. The first-order chi connectivity index (χ1) is 9.26. The van der Waals surface area contributed by atoms with Crippen LogP contribution in [-0.4, -0.2) is 18.5 Å². The molecule has 0 unspecified atom stereocenters. The van der Waals surface area contributed by atoms with Crippen LogP contribution < -0.4 is 5.32 Å². The topological polar surface area (TPSA) is 51.2 Å². The zero-order valence-corrected chi connectivity index (χ0v) is 11.2. The minimum absolute atomic E-state index is 0.303. The monoisotopic (exact) mass is 258 g/mol. The number of hydrogen-bond acceptors (Lipinski definition) is 4. The minimum Gasteiger partial charge on any atom is -0.463 e. The molecule has 2 rings (SSSR count). The molecule has 0 aliphatic carbocycles. The number of anilines is 1. The summed E-state index contributed by atoms with van der Waals surface area (Å²) in [5, 5.41) is 3.05.